The molecule has 0 rings (SSSR count). The van der Waals surface area contributed by atoms with Gasteiger partial charge in [0.25, 0.3) is 0 Å². The van der Waals surface area contributed by atoms with Crippen molar-refractivity contribution in [1.82, 2.24) is 0 Å². The summed E-state index contributed by atoms with van der Waals surface area (Å²) in [6.45, 7) is 5.41. The predicted molar refractivity (Wildman–Crippen MR) is 77.2 cm³/mol. The molecule has 1 heteroatoms. The summed E-state index contributed by atoms with van der Waals surface area (Å²) in [6, 6.07) is 0. The molecule has 0 saturated heterocycles. The van der Waals surface area contributed by atoms with Gasteiger partial charge in [-0.25, -0.2) is 0 Å². The smallest absolute Gasteiger partial charge is 0.0873 e. The van der Waals surface area contributed by atoms with Gasteiger partial charge in [0.15, 0.2) is 0 Å². The molecule has 0 atom stereocenters. The fraction of sp³-hybridized carbons (Fsp3) is 0.875. The van der Waals surface area contributed by atoms with Crippen LogP contribution in [0.15, 0.2) is 12.3 Å². The van der Waals surface area contributed by atoms with E-state index in [1.807, 2.05) is 6.26 Å². The average molecular weight is 240 g/mol. The minimum absolute atomic E-state index is 0.900. The number of hydrogen-bond acceptors (Lipinski definition) is 1. The van der Waals surface area contributed by atoms with Gasteiger partial charge in [0.1, 0.15) is 0 Å². The molecule has 0 unspecified atom stereocenters. The summed E-state index contributed by atoms with van der Waals surface area (Å²) < 4.78 is 5.47. The molecule has 0 aromatic rings. The molecular formula is C16H32O. The van der Waals surface area contributed by atoms with Gasteiger partial charge in [0.05, 0.1) is 12.9 Å². The lowest BCUT2D eigenvalue weighted by atomic mass is 10.1. The van der Waals surface area contributed by atoms with E-state index in [0.29, 0.717) is 0 Å². The first-order chi connectivity index (χ1) is 8.41. The largest absolute Gasteiger partial charge is 0.502 e. The fourth-order valence-corrected chi connectivity index (χ4v) is 1.86. The van der Waals surface area contributed by atoms with Crippen molar-refractivity contribution in [1.29, 1.82) is 0 Å². The molecule has 0 bridgehead atoms. The zero-order valence-corrected chi connectivity index (χ0v) is 12.0. The van der Waals surface area contributed by atoms with E-state index in [1.54, 1.807) is 0 Å². The Labute approximate surface area is 109 Å². The van der Waals surface area contributed by atoms with Crippen molar-refractivity contribution in [2.24, 2.45) is 0 Å². The summed E-state index contributed by atoms with van der Waals surface area (Å²) in [5.41, 5.74) is 0. The van der Waals surface area contributed by atoms with E-state index in [0.717, 1.165) is 6.61 Å². The fourth-order valence-electron chi connectivity index (χ4n) is 1.86. The first kappa shape index (κ1) is 16.5. The molecule has 0 aliphatic carbocycles. The molecule has 0 spiro atoms. The summed E-state index contributed by atoms with van der Waals surface area (Å²) in [5.74, 6) is 0. The molecule has 0 aliphatic rings. The van der Waals surface area contributed by atoms with Crippen molar-refractivity contribution < 1.29 is 4.74 Å². The van der Waals surface area contributed by atoms with Gasteiger partial charge >= 0.3 is 0 Å². The molecule has 0 saturated carbocycles. The van der Waals surface area contributed by atoms with Crippen molar-refractivity contribution in [2.45, 2.75) is 84.5 Å². The first-order valence-electron chi connectivity index (χ1n) is 7.68. The maximum Gasteiger partial charge on any atom is 0.0873 e. The van der Waals surface area contributed by atoms with Crippen LogP contribution in [0.4, 0.5) is 0 Å². The minimum atomic E-state index is 0.900. The Balaban J connectivity index is 2.99. The Morgan fingerprint density at radius 1 is 0.706 bits per heavy atom. The lowest BCUT2D eigenvalue weighted by Gasteiger charge is -2.01. The zero-order valence-electron chi connectivity index (χ0n) is 12.0. The number of allylic oxidation sites excluding steroid dienone is 1. The van der Waals surface area contributed by atoms with Crippen LogP contribution in [-0.2, 0) is 4.74 Å². The third kappa shape index (κ3) is 15.5. The molecular weight excluding hydrogens is 208 g/mol. The van der Waals surface area contributed by atoms with Crippen molar-refractivity contribution >= 4 is 0 Å². The van der Waals surface area contributed by atoms with Gasteiger partial charge in [-0.1, -0.05) is 65.2 Å². The molecule has 0 radical (unpaired) electrons. The van der Waals surface area contributed by atoms with Crippen LogP contribution in [0, 0.1) is 0 Å². The van der Waals surface area contributed by atoms with Gasteiger partial charge in [0, 0.05) is 0 Å². The summed E-state index contributed by atoms with van der Waals surface area (Å²) in [6.07, 6.45) is 18.6. The third-order valence-corrected chi connectivity index (χ3v) is 3.03. The number of unbranched alkanes of at least 4 members (excludes halogenated alkanes) is 9. The predicted octanol–water partition coefficient (Wildman–Crippen LogP) is 5.85. The second-order valence-corrected chi connectivity index (χ2v) is 4.86. The van der Waals surface area contributed by atoms with Gasteiger partial charge in [-0.15, -0.1) is 0 Å². The quantitative estimate of drug-likeness (QED) is 0.290. The Hall–Kier alpha value is -0.460. The second-order valence-electron chi connectivity index (χ2n) is 4.86. The molecule has 1 nitrogen and oxygen atoms in total. The molecule has 0 aromatic heterocycles. The number of rotatable bonds is 13. The highest BCUT2D eigenvalue weighted by Gasteiger charge is 1.89. The van der Waals surface area contributed by atoms with Crippen LogP contribution in [0.2, 0.25) is 0 Å². The van der Waals surface area contributed by atoms with Crippen molar-refractivity contribution in [3.8, 4) is 0 Å². The topological polar surface area (TPSA) is 9.23 Å². The third-order valence-electron chi connectivity index (χ3n) is 3.03. The van der Waals surface area contributed by atoms with E-state index < -0.39 is 0 Å². The van der Waals surface area contributed by atoms with Crippen LogP contribution in [0.1, 0.15) is 84.5 Å². The van der Waals surface area contributed by atoms with Gasteiger partial charge in [-0.2, -0.15) is 0 Å². The molecule has 0 amide bonds. The van der Waals surface area contributed by atoms with Crippen LogP contribution in [0.5, 0.6) is 0 Å². The van der Waals surface area contributed by atoms with E-state index in [2.05, 4.69) is 19.9 Å². The minimum Gasteiger partial charge on any atom is -0.502 e. The van der Waals surface area contributed by atoms with Crippen LogP contribution in [0.3, 0.4) is 0 Å². The highest BCUT2D eigenvalue weighted by atomic mass is 16.5. The van der Waals surface area contributed by atoms with Gasteiger partial charge in [-0.05, 0) is 25.3 Å². The average Bonchev–Trinajstić information content (AvgIpc) is 2.35. The lowest BCUT2D eigenvalue weighted by Crippen LogP contribution is -1.88. The number of hydrogen-bond donors (Lipinski definition) is 0. The van der Waals surface area contributed by atoms with Crippen LogP contribution >= 0.6 is 0 Å². The normalized spacial score (nSPS) is 11.2. The first-order valence-corrected chi connectivity index (χ1v) is 7.68. The van der Waals surface area contributed by atoms with E-state index >= 15 is 0 Å². The standard InChI is InChI=1S/C16H32O/c1-3-5-7-9-11-13-15-17-16-14-12-10-8-6-4-2/h13,15H,3-12,14,16H2,1-2H3. The molecule has 102 valence electrons. The summed E-state index contributed by atoms with van der Waals surface area (Å²) in [5, 5.41) is 0. The molecule has 0 N–H and O–H groups in total. The highest BCUT2D eigenvalue weighted by Crippen LogP contribution is 2.05. The Bertz CT molecular complexity index is 152. The maximum atomic E-state index is 5.47. The van der Waals surface area contributed by atoms with Gasteiger partial charge in [0.2, 0.25) is 0 Å². The van der Waals surface area contributed by atoms with E-state index in [-0.39, 0.29) is 0 Å². The van der Waals surface area contributed by atoms with Gasteiger partial charge < -0.3 is 4.74 Å². The SMILES string of the molecule is CCCCCCC=COCCCCCCCC. The maximum absolute atomic E-state index is 5.47. The van der Waals surface area contributed by atoms with E-state index in [4.69, 9.17) is 4.74 Å². The van der Waals surface area contributed by atoms with Crippen molar-refractivity contribution in [3.63, 3.8) is 0 Å². The van der Waals surface area contributed by atoms with Gasteiger partial charge in [-0.3, -0.25) is 0 Å². The zero-order chi connectivity index (χ0) is 12.6. The molecule has 0 aromatic carbocycles. The summed E-state index contributed by atoms with van der Waals surface area (Å²) in [7, 11) is 0. The number of ether oxygens (including phenoxy) is 1. The molecule has 17 heavy (non-hydrogen) atoms. The molecule has 0 aliphatic heterocycles. The van der Waals surface area contributed by atoms with Crippen molar-refractivity contribution in [3.05, 3.63) is 12.3 Å². The second kappa shape index (κ2) is 15.5. The highest BCUT2D eigenvalue weighted by molar-refractivity contribution is 4.73. The monoisotopic (exact) mass is 240 g/mol. The van der Waals surface area contributed by atoms with Crippen LogP contribution < -0.4 is 0 Å². The summed E-state index contributed by atoms with van der Waals surface area (Å²) in [4.78, 5) is 0. The lowest BCUT2D eigenvalue weighted by molar-refractivity contribution is 0.239. The van der Waals surface area contributed by atoms with Crippen molar-refractivity contribution in [2.75, 3.05) is 6.61 Å². The summed E-state index contributed by atoms with van der Waals surface area (Å²) >= 11 is 0. The molecule has 0 fully saturated rings. The Morgan fingerprint density at radius 2 is 1.29 bits per heavy atom. The van der Waals surface area contributed by atoms with Crippen LogP contribution in [0.25, 0.3) is 0 Å². The van der Waals surface area contributed by atoms with E-state index in [1.165, 1.54) is 70.6 Å². The molecule has 0 heterocycles. The Morgan fingerprint density at radius 3 is 2.00 bits per heavy atom. The Kier molecular flexibility index (Phi) is 15.1. The van der Waals surface area contributed by atoms with E-state index in [9.17, 15) is 0 Å². The van der Waals surface area contributed by atoms with Crippen LogP contribution in [-0.4, -0.2) is 6.61 Å².